The molecule has 2 heteroatoms. The molecule has 96 valence electrons. The summed E-state index contributed by atoms with van der Waals surface area (Å²) in [6.07, 6.45) is 10.00. The zero-order chi connectivity index (χ0) is 12.5. The maximum atomic E-state index is 10.2. The number of ether oxygens (including phenoxy) is 1. The average molecular weight is 236 g/mol. The lowest BCUT2D eigenvalue weighted by Gasteiger charge is -2.32. The molecular formula is C15H24O2. The third-order valence-corrected chi connectivity index (χ3v) is 4.04. The molecule has 0 aliphatic carbocycles. The summed E-state index contributed by atoms with van der Waals surface area (Å²) in [7, 11) is 0. The summed E-state index contributed by atoms with van der Waals surface area (Å²) in [6, 6.07) is 0. The molecule has 1 saturated heterocycles. The van der Waals surface area contributed by atoms with Crippen molar-refractivity contribution in [1.29, 1.82) is 0 Å². The molecule has 0 aromatic carbocycles. The van der Waals surface area contributed by atoms with Gasteiger partial charge in [-0.1, -0.05) is 32.1 Å². The van der Waals surface area contributed by atoms with E-state index in [1.165, 1.54) is 5.57 Å². The monoisotopic (exact) mass is 236 g/mol. The largest absolute Gasteiger partial charge is 0.390 e. The van der Waals surface area contributed by atoms with Gasteiger partial charge < -0.3 is 9.84 Å². The van der Waals surface area contributed by atoms with E-state index < -0.39 is 5.60 Å². The Morgan fingerprint density at radius 3 is 2.82 bits per heavy atom. The van der Waals surface area contributed by atoms with E-state index in [1.54, 1.807) is 0 Å². The number of hydrogen-bond acceptors (Lipinski definition) is 2. The molecule has 2 rings (SSSR count). The van der Waals surface area contributed by atoms with Crippen LogP contribution in [0.3, 0.4) is 0 Å². The Hall–Kier alpha value is -0.600. The fourth-order valence-corrected chi connectivity index (χ4v) is 2.50. The number of aliphatic hydroxyl groups excluding tert-OH is 1. The molecule has 1 N–H and O–H groups in total. The predicted octanol–water partition coefficient (Wildman–Crippen LogP) is 3.22. The summed E-state index contributed by atoms with van der Waals surface area (Å²) >= 11 is 0. The summed E-state index contributed by atoms with van der Waals surface area (Å²) in [5.41, 5.74) is 1.13. The van der Waals surface area contributed by atoms with Crippen molar-refractivity contribution < 1.29 is 9.84 Å². The van der Waals surface area contributed by atoms with E-state index in [-0.39, 0.29) is 11.5 Å². The lowest BCUT2D eigenvalue weighted by Crippen LogP contribution is -2.40. The first-order valence-corrected chi connectivity index (χ1v) is 6.59. The van der Waals surface area contributed by atoms with Crippen LogP contribution in [0, 0.1) is 5.41 Å². The van der Waals surface area contributed by atoms with E-state index in [0.717, 1.165) is 25.7 Å². The van der Waals surface area contributed by atoms with Gasteiger partial charge in [0.15, 0.2) is 0 Å². The molecule has 2 nitrogen and oxygen atoms in total. The van der Waals surface area contributed by atoms with E-state index in [0.29, 0.717) is 6.61 Å². The van der Waals surface area contributed by atoms with Crippen LogP contribution in [0.2, 0.25) is 0 Å². The van der Waals surface area contributed by atoms with Crippen LogP contribution < -0.4 is 0 Å². The minimum absolute atomic E-state index is 0.207. The van der Waals surface area contributed by atoms with Crippen LogP contribution in [0.25, 0.3) is 0 Å². The Bertz CT molecular complexity index is 341. The number of rotatable bonds is 0. The predicted molar refractivity (Wildman–Crippen MR) is 69.8 cm³/mol. The Morgan fingerprint density at radius 1 is 1.29 bits per heavy atom. The van der Waals surface area contributed by atoms with Gasteiger partial charge in [0.05, 0.1) is 18.3 Å². The topological polar surface area (TPSA) is 29.5 Å². The second-order valence-electron chi connectivity index (χ2n) is 6.32. The molecule has 0 amide bonds. The molecule has 0 aromatic heterocycles. The van der Waals surface area contributed by atoms with Gasteiger partial charge >= 0.3 is 0 Å². The average Bonchev–Trinajstić information content (AvgIpc) is 2.39. The standard InChI is InChI=1S/C15H24O2/c1-14(2)8-4-9-15(3)13(16)6-5-12(7-10-14)11-17-15/h4,7-8,13,16H,5-6,9-11H2,1-3H3/b8-4+,12-7-/t13-,15+/m0/s1. The molecule has 1 fully saturated rings. The summed E-state index contributed by atoms with van der Waals surface area (Å²) < 4.78 is 5.94. The van der Waals surface area contributed by atoms with Crippen molar-refractivity contribution in [3.05, 3.63) is 23.8 Å². The minimum atomic E-state index is -0.417. The molecule has 2 atom stereocenters. The van der Waals surface area contributed by atoms with Gasteiger partial charge in [-0.15, -0.1) is 0 Å². The van der Waals surface area contributed by atoms with E-state index >= 15 is 0 Å². The fraction of sp³-hybridized carbons (Fsp3) is 0.733. The van der Waals surface area contributed by atoms with Crippen molar-refractivity contribution in [2.75, 3.05) is 6.61 Å². The van der Waals surface area contributed by atoms with Crippen LogP contribution in [0.5, 0.6) is 0 Å². The summed E-state index contributed by atoms with van der Waals surface area (Å²) in [4.78, 5) is 0. The Labute approximate surface area is 104 Å². The van der Waals surface area contributed by atoms with Gasteiger partial charge in [-0.2, -0.15) is 0 Å². The fourth-order valence-electron chi connectivity index (χ4n) is 2.50. The molecule has 2 heterocycles. The van der Waals surface area contributed by atoms with Crippen LogP contribution in [-0.4, -0.2) is 23.4 Å². The smallest absolute Gasteiger partial charge is 0.0950 e. The van der Waals surface area contributed by atoms with Crippen LogP contribution in [0.15, 0.2) is 23.8 Å². The highest BCUT2D eigenvalue weighted by Gasteiger charge is 2.35. The van der Waals surface area contributed by atoms with E-state index in [9.17, 15) is 5.11 Å². The van der Waals surface area contributed by atoms with Gasteiger partial charge in [-0.05, 0) is 43.6 Å². The highest BCUT2D eigenvalue weighted by Crippen LogP contribution is 2.34. The van der Waals surface area contributed by atoms with Crippen LogP contribution >= 0.6 is 0 Å². The second kappa shape index (κ2) is 4.58. The molecule has 2 aliphatic heterocycles. The summed E-state index contributed by atoms with van der Waals surface area (Å²) in [5, 5.41) is 10.2. The SMILES string of the molecule is CC1(C)/C=C/C[C@@]2(C)OC/C(=C\C1)CC[C@@H]2O. The zero-order valence-corrected chi connectivity index (χ0v) is 11.2. The molecule has 2 aliphatic rings. The highest BCUT2D eigenvalue weighted by molar-refractivity contribution is 5.12. The van der Waals surface area contributed by atoms with Gasteiger partial charge in [0.2, 0.25) is 0 Å². The van der Waals surface area contributed by atoms with E-state index in [4.69, 9.17) is 4.74 Å². The molecule has 0 aromatic rings. The molecule has 0 saturated carbocycles. The molecule has 2 bridgehead atoms. The van der Waals surface area contributed by atoms with Gasteiger partial charge in [-0.25, -0.2) is 0 Å². The van der Waals surface area contributed by atoms with Crippen molar-refractivity contribution in [3.63, 3.8) is 0 Å². The first-order valence-electron chi connectivity index (χ1n) is 6.59. The van der Waals surface area contributed by atoms with Crippen LogP contribution in [0.1, 0.15) is 46.5 Å². The van der Waals surface area contributed by atoms with Crippen molar-refractivity contribution in [3.8, 4) is 0 Å². The van der Waals surface area contributed by atoms with Gasteiger partial charge in [0.25, 0.3) is 0 Å². The number of hydrogen-bond donors (Lipinski definition) is 1. The first-order chi connectivity index (χ1) is 7.91. The second-order valence-corrected chi connectivity index (χ2v) is 6.32. The lowest BCUT2D eigenvalue weighted by atomic mass is 9.86. The van der Waals surface area contributed by atoms with E-state index in [1.807, 2.05) is 6.92 Å². The lowest BCUT2D eigenvalue weighted by molar-refractivity contribution is -0.0964. The molecule has 0 unspecified atom stereocenters. The maximum Gasteiger partial charge on any atom is 0.0950 e. The van der Waals surface area contributed by atoms with E-state index in [2.05, 4.69) is 32.1 Å². The van der Waals surface area contributed by atoms with Crippen molar-refractivity contribution >= 4 is 0 Å². The Kier molecular flexibility index (Phi) is 3.46. The summed E-state index contributed by atoms with van der Waals surface area (Å²) in [6.45, 7) is 7.22. The minimum Gasteiger partial charge on any atom is -0.390 e. The normalized spacial score (nSPS) is 42.4. The third kappa shape index (κ3) is 2.99. The Morgan fingerprint density at radius 2 is 2.06 bits per heavy atom. The van der Waals surface area contributed by atoms with Gasteiger partial charge in [-0.3, -0.25) is 0 Å². The molecular weight excluding hydrogens is 212 g/mol. The zero-order valence-electron chi connectivity index (χ0n) is 11.2. The van der Waals surface area contributed by atoms with Crippen LogP contribution in [0.4, 0.5) is 0 Å². The van der Waals surface area contributed by atoms with Gasteiger partial charge in [0.1, 0.15) is 0 Å². The quantitative estimate of drug-likeness (QED) is 0.654. The van der Waals surface area contributed by atoms with Gasteiger partial charge in [0, 0.05) is 0 Å². The van der Waals surface area contributed by atoms with Crippen molar-refractivity contribution in [2.24, 2.45) is 5.41 Å². The van der Waals surface area contributed by atoms with Crippen LogP contribution in [-0.2, 0) is 4.74 Å². The molecule has 0 radical (unpaired) electrons. The number of aliphatic hydroxyl groups is 1. The van der Waals surface area contributed by atoms with Crippen molar-refractivity contribution in [1.82, 2.24) is 0 Å². The third-order valence-electron chi connectivity index (χ3n) is 4.04. The Balaban J connectivity index is 2.30. The molecule has 17 heavy (non-hydrogen) atoms. The van der Waals surface area contributed by atoms with Crippen molar-refractivity contribution in [2.45, 2.75) is 58.2 Å². The summed E-state index contributed by atoms with van der Waals surface area (Å²) in [5.74, 6) is 0. The number of fused-ring (bicyclic) bond motifs is 3. The number of allylic oxidation sites excluding steroid dienone is 2. The maximum absolute atomic E-state index is 10.2. The molecule has 0 spiro atoms. The first kappa shape index (κ1) is 12.8. The highest BCUT2D eigenvalue weighted by atomic mass is 16.5.